The van der Waals surface area contributed by atoms with Crippen LogP contribution in [0.25, 0.3) is 0 Å². The Morgan fingerprint density at radius 3 is 1.94 bits per heavy atom. The van der Waals surface area contributed by atoms with Gasteiger partial charge >= 0.3 is 0 Å². The number of rotatable bonds is 22. The van der Waals surface area contributed by atoms with E-state index in [0.29, 0.717) is 87.8 Å². The zero-order valence-electron chi connectivity index (χ0n) is 38.8. The van der Waals surface area contributed by atoms with Crippen LogP contribution in [0.2, 0.25) is 0 Å². The lowest BCUT2D eigenvalue weighted by Gasteiger charge is -2.23. The molecule has 354 valence electrons. The zero-order chi connectivity index (χ0) is 47.0. The van der Waals surface area contributed by atoms with Crippen molar-refractivity contribution in [3.05, 3.63) is 136 Å². The molecule has 0 spiro atoms. The molecule has 2 atom stereocenters. The van der Waals surface area contributed by atoms with Crippen LogP contribution >= 0.6 is 0 Å². The van der Waals surface area contributed by atoms with E-state index < -0.39 is 0 Å². The molecule has 0 saturated carbocycles. The molecule has 0 radical (unpaired) electrons. The van der Waals surface area contributed by atoms with Gasteiger partial charge < -0.3 is 42.8 Å². The predicted octanol–water partition coefficient (Wildman–Crippen LogP) is 8.00. The molecule has 2 amide bonds. The third-order valence-corrected chi connectivity index (χ3v) is 12.5. The van der Waals surface area contributed by atoms with Crippen molar-refractivity contribution >= 4 is 40.9 Å². The van der Waals surface area contributed by atoms with Gasteiger partial charge in [-0.25, -0.2) is 0 Å². The summed E-state index contributed by atoms with van der Waals surface area (Å²) in [6.07, 6.45) is 5.05. The normalized spacial score (nSPS) is 16.5. The average molecular weight is 924 g/mol. The van der Waals surface area contributed by atoms with Gasteiger partial charge in [0.2, 0.25) is 0 Å². The quantitative estimate of drug-likeness (QED) is 0.0623. The molecule has 4 aliphatic heterocycles. The van der Waals surface area contributed by atoms with Crippen molar-refractivity contribution in [1.29, 1.82) is 0 Å². The fraction of sp³-hybridized carbons (Fsp3) is 0.370. The molecule has 0 aliphatic carbocycles. The fourth-order valence-electron chi connectivity index (χ4n) is 9.29. The molecule has 5 aromatic carbocycles. The Hall–Kier alpha value is -6.58. The number of nitrogens with zero attached hydrogens (tertiary/aromatic N) is 3. The second-order valence-corrected chi connectivity index (χ2v) is 17.4. The molecule has 9 rings (SSSR count). The summed E-state index contributed by atoms with van der Waals surface area (Å²) >= 11 is 0. The third-order valence-electron chi connectivity index (χ3n) is 12.5. The molecule has 5 aromatic rings. The first-order chi connectivity index (χ1) is 33.2. The lowest BCUT2D eigenvalue weighted by molar-refractivity contribution is -0.122. The lowest BCUT2D eigenvalue weighted by atomic mass is 9.98. The molecular weight excluding hydrogens is 867 g/mol. The van der Waals surface area contributed by atoms with Gasteiger partial charge in [-0.05, 0) is 115 Å². The Morgan fingerprint density at radius 2 is 1.25 bits per heavy atom. The van der Waals surface area contributed by atoms with Gasteiger partial charge in [-0.2, -0.15) is 0 Å². The number of benzene rings is 5. The smallest absolute Gasteiger partial charge is 0.261 e. The van der Waals surface area contributed by atoms with Crippen molar-refractivity contribution in [3.8, 4) is 23.0 Å². The number of carbonyl (C=O) groups is 3. The van der Waals surface area contributed by atoms with Gasteiger partial charge in [-0.15, -0.1) is 0 Å². The second-order valence-electron chi connectivity index (χ2n) is 17.4. The van der Waals surface area contributed by atoms with E-state index in [-0.39, 0.29) is 49.5 Å². The number of ketones is 1. The highest BCUT2D eigenvalue weighted by Crippen LogP contribution is 2.42. The third kappa shape index (κ3) is 10.6. The van der Waals surface area contributed by atoms with Crippen molar-refractivity contribution in [2.24, 2.45) is 4.99 Å². The Balaban J connectivity index is 0.860. The van der Waals surface area contributed by atoms with Gasteiger partial charge in [0, 0.05) is 41.7 Å². The van der Waals surface area contributed by atoms with Gasteiger partial charge in [-0.3, -0.25) is 24.3 Å². The zero-order valence-corrected chi connectivity index (χ0v) is 38.8. The van der Waals surface area contributed by atoms with Gasteiger partial charge in [-0.1, -0.05) is 36.4 Å². The monoisotopic (exact) mass is 923 g/mol. The maximum atomic E-state index is 14.0. The molecule has 0 N–H and O–H groups in total. The minimum atomic E-state index is -0.180. The predicted molar refractivity (Wildman–Crippen MR) is 257 cm³/mol. The minimum Gasteiger partial charge on any atom is -0.493 e. The highest BCUT2D eigenvalue weighted by Gasteiger charge is 2.38. The topological polar surface area (TPSA) is 144 Å². The van der Waals surface area contributed by atoms with Crippen LogP contribution in [0.4, 0.5) is 17.1 Å². The highest BCUT2D eigenvalue weighted by molar-refractivity contribution is 6.15. The van der Waals surface area contributed by atoms with E-state index in [1.807, 2.05) is 95.7 Å². The van der Waals surface area contributed by atoms with E-state index in [4.69, 9.17) is 42.9 Å². The number of para-hydroxylation sites is 2. The summed E-state index contributed by atoms with van der Waals surface area (Å²) in [5, 5.41) is 0. The average Bonchev–Trinajstić information content (AvgIpc) is 3.84. The number of hydrogen-bond acceptors (Lipinski definition) is 12. The van der Waals surface area contributed by atoms with Crippen molar-refractivity contribution in [3.63, 3.8) is 0 Å². The number of aryl methyl sites for hydroxylation is 2. The largest absolute Gasteiger partial charge is 0.493 e. The van der Waals surface area contributed by atoms with E-state index in [2.05, 4.69) is 6.07 Å². The van der Waals surface area contributed by atoms with E-state index >= 15 is 0 Å². The number of amides is 2. The lowest BCUT2D eigenvalue weighted by Crippen LogP contribution is -2.37. The second kappa shape index (κ2) is 21.6. The van der Waals surface area contributed by atoms with Crippen molar-refractivity contribution in [2.75, 3.05) is 76.4 Å². The highest BCUT2D eigenvalue weighted by atomic mass is 16.6. The number of anilines is 2. The number of fused-ring (bicyclic) bond motifs is 8. The van der Waals surface area contributed by atoms with Crippen molar-refractivity contribution in [2.45, 2.75) is 64.8 Å². The van der Waals surface area contributed by atoms with E-state index in [1.165, 1.54) is 12.5 Å². The van der Waals surface area contributed by atoms with Gasteiger partial charge in [0.15, 0.2) is 17.3 Å². The first kappa shape index (κ1) is 46.5. The number of aliphatic imine (C=N–C) groups is 1. The SMILES string of the molecule is COc1cc2c(cc1OCc1cc(COc3cc4c(cc3C)C(=O)N3c5ccccc5C[C@H]3CC4)cc(OCCOCCOCCOCCOCC(C)=O)c1)N=C[C@@H]1Cc3ccccc3N1C2=O. The van der Waals surface area contributed by atoms with Crippen LogP contribution in [0.5, 0.6) is 23.0 Å². The van der Waals surface area contributed by atoms with Crippen molar-refractivity contribution < 1.29 is 52.3 Å². The molecular formula is C54H57N3O11. The molecule has 0 saturated heterocycles. The molecule has 0 bridgehead atoms. The van der Waals surface area contributed by atoms with Crippen LogP contribution < -0.4 is 28.7 Å². The summed E-state index contributed by atoms with van der Waals surface area (Å²) in [4.78, 5) is 47.6. The Morgan fingerprint density at radius 1 is 0.632 bits per heavy atom. The van der Waals surface area contributed by atoms with Crippen LogP contribution in [0, 0.1) is 6.92 Å². The van der Waals surface area contributed by atoms with Crippen LogP contribution in [-0.4, -0.2) is 102 Å². The molecule has 0 fully saturated rings. The van der Waals surface area contributed by atoms with E-state index in [1.54, 1.807) is 19.2 Å². The molecule has 68 heavy (non-hydrogen) atoms. The first-order valence-electron chi connectivity index (χ1n) is 23.3. The Labute approximate surface area is 396 Å². The summed E-state index contributed by atoms with van der Waals surface area (Å²) in [6, 6.07) is 29.5. The Bertz CT molecular complexity index is 2680. The number of hydrogen-bond donors (Lipinski definition) is 0. The number of Topliss-reactive ketones (excluding diaryl/α,β-unsaturated/α-hetero) is 1. The molecule has 14 heteroatoms. The van der Waals surface area contributed by atoms with Crippen LogP contribution in [0.15, 0.2) is 96.0 Å². The molecule has 4 heterocycles. The summed E-state index contributed by atoms with van der Waals surface area (Å²) in [5.74, 6) is 2.08. The molecule has 14 nitrogen and oxygen atoms in total. The van der Waals surface area contributed by atoms with Crippen molar-refractivity contribution in [1.82, 2.24) is 0 Å². The first-order valence-corrected chi connectivity index (χ1v) is 23.3. The molecule has 0 aromatic heterocycles. The number of ether oxygens (including phenoxy) is 8. The maximum absolute atomic E-state index is 14.0. The Kier molecular flexibility index (Phi) is 14.8. The standard InChI is InChI=1S/C54H57N3O11/c1-35-22-45-39(12-13-42-26-40-8-4-6-10-48(40)56(42)53(45)59)28-50(35)67-33-37-23-38(25-44(24-37)66-21-20-64-17-16-62-14-15-63-18-19-65-32-36(2)58)34-68-52-30-47-46(29-51(52)61-3)54(60)57-43(31-55-47)27-41-9-5-7-11-49(41)57/h4-11,22-25,28-31,42-43H,12-21,26-27,32-34H2,1-3H3/t42-,43+/m1/s1. The van der Waals surface area contributed by atoms with Crippen LogP contribution in [0.3, 0.4) is 0 Å². The minimum absolute atomic E-state index is 0.0181. The van der Waals surface area contributed by atoms with Gasteiger partial charge in [0.1, 0.15) is 37.9 Å². The summed E-state index contributed by atoms with van der Waals surface area (Å²) < 4.78 is 47.0. The van der Waals surface area contributed by atoms with Crippen LogP contribution in [0.1, 0.15) is 67.4 Å². The summed E-state index contributed by atoms with van der Waals surface area (Å²) in [6.45, 7) is 6.96. The molecule has 4 aliphatic rings. The number of methoxy groups -OCH3 is 1. The van der Waals surface area contributed by atoms with E-state index in [0.717, 1.165) is 69.8 Å². The summed E-state index contributed by atoms with van der Waals surface area (Å²) in [5.41, 5.74) is 9.47. The van der Waals surface area contributed by atoms with E-state index in [9.17, 15) is 14.4 Å². The maximum Gasteiger partial charge on any atom is 0.261 e. The van der Waals surface area contributed by atoms with Gasteiger partial charge in [0.25, 0.3) is 11.8 Å². The summed E-state index contributed by atoms with van der Waals surface area (Å²) in [7, 11) is 1.56. The molecule has 0 unspecified atom stereocenters. The van der Waals surface area contributed by atoms with Crippen LogP contribution in [-0.2, 0) is 56.2 Å². The number of carbonyl (C=O) groups excluding carboxylic acids is 3. The fourth-order valence-corrected chi connectivity index (χ4v) is 9.29. The van der Waals surface area contributed by atoms with Gasteiger partial charge in [0.05, 0.1) is 70.7 Å².